The summed E-state index contributed by atoms with van der Waals surface area (Å²) in [6.45, 7) is 0.533. The average Bonchev–Trinajstić information content (AvgIpc) is 3.31. The van der Waals surface area contributed by atoms with E-state index in [1.54, 1.807) is 48.3 Å². The van der Waals surface area contributed by atoms with Crippen LogP contribution in [0, 0.1) is 0 Å². The SMILES string of the molecule is CNC(=O)c1cccc(NC(=O)c2cc(-c3ccccc3)nc3c2cnn3Cc2ccccc2)c1. The van der Waals surface area contributed by atoms with Crippen molar-refractivity contribution in [1.29, 1.82) is 0 Å². The van der Waals surface area contributed by atoms with Gasteiger partial charge in [-0.15, -0.1) is 0 Å². The Hall–Kier alpha value is -4.78. The largest absolute Gasteiger partial charge is 0.355 e. The molecule has 2 amide bonds. The zero-order chi connectivity index (χ0) is 24.2. The Kier molecular flexibility index (Phi) is 6.05. The van der Waals surface area contributed by atoms with Crippen LogP contribution in [-0.4, -0.2) is 33.6 Å². The van der Waals surface area contributed by atoms with Gasteiger partial charge in [0.05, 0.1) is 29.4 Å². The minimum absolute atomic E-state index is 0.221. The summed E-state index contributed by atoms with van der Waals surface area (Å²) in [7, 11) is 1.57. The lowest BCUT2D eigenvalue weighted by Gasteiger charge is -2.11. The number of hydrogen-bond donors (Lipinski definition) is 2. The number of anilines is 1. The van der Waals surface area contributed by atoms with E-state index in [2.05, 4.69) is 15.7 Å². The van der Waals surface area contributed by atoms with E-state index in [9.17, 15) is 9.59 Å². The first kappa shape index (κ1) is 22.0. The first-order valence-electron chi connectivity index (χ1n) is 11.2. The van der Waals surface area contributed by atoms with Crippen molar-refractivity contribution in [2.24, 2.45) is 0 Å². The second-order valence-electron chi connectivity index (χ2n) is 8.06. The van der Waals surface area contributed by atoms with Gasteiger partial charge in [0.2, 0.25) is 0 Å². The summed E-state index contributed by atoms with van der Waals surface area (Å²) < 4.78 is 1.81. The van der Waals surface area contributed by atoms with Crippen molar-refractivity contribution >= 4 is 28.5 Å². The van der Waals surface area contributed by atoms with Crippen LogP contribution in [0.1, 0.15) is 26.3 Å². The normalized spacial score (nSPS) is 10.8. The number of rotatable bonds is 6. The number of aromatic nitrogens is 3. The molecule has 0 aliphatic heterocycles. The Bertz CT molecular complexity index is 1510. The van der Waals surface area contributed by atoms with Crippen molar-refractivity contribution in [2.75, 3.05) is 12.4 Å². The van der Waals surface area contributed by atoms with Crippen molar-refractivity contribution in [1.82, 2.24) is 20.1 Å². The molecule has 2 aromatic heterocycles. The van der Waals surface area contributed by atoms with Crippen LogP contribution in [0.15, 0.2) is 97.2 Å². The molecule has 35 heavy (non-hydrogen) atoms. The molecule has 0 saturated heterocycles. The number of carbonyl (C=O) groups is 2. The fourth-order valence-electron chi connectivity index (χ4n) is 3.95. The molecule has 0 spiro atoms. The lowest BCUT2D eigenvalue weighted by atomic mass is 10.1. The third-order valence-electron chi connectivity index (χ3n) is 5.71. The van der Waals surface area contributed by atoms with Crippen molar-refractivity contribution in [2.45, 2.75) is 6.54 Å². The van der Waals surface area contributed by atoms with Crippen molar-refractivity contribution < 1.29 is 9.59 Å². The van der Waals surface area contributed by atoms with Crippen LogP contribution in [-0.2, 0) is 6.54 Å². The van der Waals surface area contributed by atoms with Gasteiger partial charge in [-0.25, -0.2) is 9.67 Å². The maximum Gasteiger partial charge on any atom is 0.256 e. The van der Waals surface area contributed by atoms with Gasteiger partial charge < -0.3 is 10.6 Å². The monoisotopic (exact) mass is 461 g/mol. The van der Waals surface area contributed by atoms with Crippen molar-refractivity contribution in [3.63, 3.8) is 0 Å². The molecule has 172 valence electrons. The number of pyridine rings is 1. The molecule has 2 N–H and O–H groups in total. The summed E-state index contributed by atoms with van der Waals surface area (Å²) in [6, 6.07) is 28.3. The first-order valence-corrected chi connectivity index (χ1v) is 11.2. The number of fused-ring (bicyclic) bond motifs is 1. The summed E-state index contributed by atoms with van der Waals surface area (Å²) >= 11 is 0. The van der Waals surface area contributed by atoms with Gasteiger partial charge in [-0.1, -0.05) is 66.7 Å². The highest BCUT2D eigenvalue weighted by atomic mass is 16.2. The zero-order valence-corrected chi connectivity index (χ0v) is 19.1. The highest BCUT2D eigenvalue weighted by Gasteiger charge is 2.18. The van der Waals surface area contributed by atoms with Gasteiger partial charge >= 0.3 is 0 Å². The standard InChI is InChI=1S/C28H23N5O2/c1-29-27(34)21-13-8-14-22(15-21)31-28(35)23-16-25(20-11-6-3-7-12-20)32-26-24(23)17-30-33(26)18-19-9-4-2-5-10-19/h2-17H,18H2,1H3,(H,29,34)(H,31,35). The minimum Gasteiger partial charge on any atom is -0.355 e. The van der Waals surface area contributed by atoms with Crippen LogP contribution in [0.4, 0.5) is 5.69 Å². The molecule has 0 bridgehead atoms. The summed E-state index contributed by atoms with van der Waals surface area (Å²) in [5.74, 6) is -0.524. The topological polar surface area (TPSA) is 88.9 Å². The maximum atomic E-state index is 13.5. The smallest absolute Gasteiger partial charge is 0.256 e. The fraction of sp³-hybridized carbons (Fsp3) is 0.0714. The molecule has 0 fully saturated rings. The second kappa shape index (κ2) is 9.61. The zero-order valence-electron chi connectivity index (χ0n) is 19.1. The summed E-state index contributed by atoms with van der Waals surface area (Å²) in [5.41, 5.74) is 4.74. The summed E-state index contributed by atoms with van der Waals surface area (Å²) in [6.07, 6.45) is 1.68. The third kappa shape index (κ3) is 4.65. The van der Waals surface area contributed by atoms with E-state index < -0.39 is 0 Å². The summed E-state index contributed by atoms with van der Waals surface area (Å²) in [4.78, 5) is 30.3. The van der Waals surface area contributed by atoms with Crippen LogP contribution in [0.5, 0.6) is 0 Å². The average molecular weight is 462 g/mol. The lowest BCUT2D eigenvalue weighted by Crippen LogP contribution is -2.18. The molecular weight excluding hydrogens is 438 g/mol. The molecule has 0 atom stereocenters. The molecule has 0 saturated carbocycles. The van der Waals surface area contributed by atoms with E-state index in [0.717, 1.165) is 11.1 Å². The molecule has 2 heterocycles. The predicted molar refractivity (Wildman–Crippen MR) is 136 cm³/mol. The molecule has 0 aliphatic rings. The van der Waals surface area contributed by atoms with Gasteiger partial charge in [-0.05, 0) is 29.8 Å². The molecule has 0 aliphatic carbocycles. The van der Waals surface area contributed by atoms with E-state index in [1.807, 2.05) is 60.7 Å². The molecule has 7 nitrogen and oxygen atoms in total. The van der Waals surface area contributed by atoms with Crippen LogP contribution < -0.4 is 10.6 Å². The molecule has 7 heteroatoms. The van der Waals surface area contributed by atoms with Gasteiger partial charge in [0.15, 0.2) is 5.65 Å². The van der Waals surface area contributed by atoms with Gasteiger partial charge in [0.1, 0.15) is 0 Å². The van der Waals surface area contributed by atoms with Crippen molar-refractivity contribution in [3.05, 3.63) is 114 Å². The molecular formula is C28H23N5O2. The van der Waals surface area contributed by atoms with Gasteiger partial charge in [-0.2, -0.15) is 5.10 Å². The number of nitrogens with zero attached hydrogens (tertiary/aromatic N) is 3. The Morgan fingerprint density at radius 2 is 1.60 bits per heavy atom. The highest BCUT2D eigenvalue weighted by molar-refractivity contribution is 6.13. The van der Waals surface area contributed by atoms with Gasteiger partial charge in [0.25, 0.3) is 11.8 Å². The van der Waals surface area contributed by atoms with E-state index in [0.29, 0.717) is 40.1 Å². The summed E-state index contributed by atoms with van der Waals surface area (Å²) in [5, 5.41) is 10.7. The van der Waals surface area contributed by atoms with Gasteiger partial charge in [-0.3, -0.25) is 9.59 Å². The van der Waals surface area contributed by atoms with E-state index in [4.69, 9.17) is 4.98 Å². The fourth-order valence-corrected chi connectivity index (χ4v) is 3.95. The third-order valence-corrected chi connectivity index (χ3v) is 5.71. The Morgan fingerprint density at radius 3 is 2.34 bits per heavy atom. The highest BCUT2D eigenvalue weighted by Crippen LogP contribution is 2.26. The van der Waals surface area contributed by atoms with E-state index >= 15 is 0 Å². The number of hydrogen-bond acceptors (Lipinski definition) is 4. The van der Waals surface area contributed by atoms with Crippen molar-refractivity contribution in [3.8, 4) is 11.3 Å². The van der Waals surface area contributed by atoms with Crippen LogP contribution in [0.2, 0.25) is 0 Å². The number of benzene rings is 3. The van der Waals surface area contributed by atoms with Crippen LogP contribution in [0.25, 0.3) is 22.3 Å². The number of nitrogens with one attached hydrogen (secondary N) is 2. The minimum atomic E-state index is -0.303. The first-order chi connectivity index (χ1) is 17.1. The van der Waals surface area contributed by atoms with E-state index in [-0.39, 0.29) is 11.8 Å². The second-order valence-corrected chi connectivity index (χ2v) is 8.06. The van der Waals surface area contributed by atoms with Crippen LogP contribution >= 0.6 is 0 Å². The Balaban J connectivity index is 1.57. The number of carbonyl (C=O) groups excluding carboxylic acids is 2. The quantitative estimate of drug-likeness (QED) is 0.382. The van der Waals surface area contributed by atoms with Crippen LogP contribution in [0.3, 0.4) is 0 Å². The van der Waals surface area contributed by atoms with E-state index in [1.165, 1.54) is 0 Å². The number of amides is 2. The Labute approximate surface area is 202 Å². The molecule has 3 aromatic carbocycles. The molecule has 5 rings (SSSR count). The molecule has 0 unspecified atom stereocenters. The lowest BCUT2D eigenvalue weighted by molar-refractivity contribution is 0.0961. The Morgan fingerprint density at radius 1 is 0.857 bits per heavy atom. The van der Waals surface area contributed by atoms with Gasteiger partial charge in [0, 0.05) is 23.9 Å². The predicted octanol–water partition coefficient (Wildman–Crippen LogP) is 4.76. The molecule has 0 radical (unpaired) electrons. The maximum absolute atomic E-state index is 13.5. The molecule has 5 aromatic rings.